The maximum Gasteiger partial charge on any atom is 0.0227 e. The van der Waals surface area contributed by atoms with Crippen molar-refractivity contribution in [1.29, 1.82) is 0 Å². The van der Waals surface area contributed by atoms with Crippen LogP contribution in [0.25, 0.3) is 0 Å². The molecule has 0 spiro atoms. The van der Waals surface area contributed by atoms with Gasteiger partial charge in [0.1, 0.15) is 0 Å². The molecule has 17 heavy (non-hydrogen) atoms. The molecule has 0 aromatic heterocycles. The number of rotatable bonds is 4. The fourth-order valence-corrected chi connectivity index (χ4v) is 2.63. The van der Waals surface area contributed by atoms with E-state index >= 15 is 0 Å². The first-order valence-corrected chi connectivity index (χ1v) is 6.61. The average molecular weight is 233 g/mol. The molecule has 0 unspecified atom stereocenters. The highest BCUT2D eigenvalue weighted by Crippen LogP contribution is 2.30. The van der Waals surface area contributed by atoms with Crippen molar-refractivity contribution in [2.45, 2.75) is 53.0 Å². The molecule has 0 saturated carbocycles. The highest BCUT2D eigenvalue weighted by Gasteiger charge is 2.14. The van der Waals surface area contributed by atoms with Crippen molar-refractivity contribution in [3.05, 3.63) is 34.4 Å². The Morgan fingerprint density at radius 3 is 2.00 bits per heavy atom. The lowest BCUT2D eigenvalue weighted by Gasteiger charge is -2.21. The van der Waals surface area contributed by atoms with Gasteiger partial charge in [-0.3, -0.25) is 0 Å². The van der Waals surface area contributed by atoms with Gasteiger partial charge < -0.3 is 4.90 Å². The lowest BCUT2D eigenvalue weighted by Crippen LogP contribution is -2.12. The normalized spacial score (nSPS) is 11.9. The molecule has 0 aliphatic rings. The summed E-state index contributed by atoms with van der Waals surface area (Å²) in [6.45, 7) is 12.4. The van der Waals surface area contributed by atoms with Crippen molar-refractivity contribution in [1.82, 2.24) is 4.90 Å². The van der Waals surface area contributed by atoms with Gasteiger partial charge in [0, 0.05) is 6.54 Å². The van der Waals surface area contributed by atoms with Crippen molar-refractivity contribution in [2.75, 3.05) is 14.1 Å². The average Bonchev–Trinajstić information content (AvgIpc) is 2.14. The quantitative estimate of drug-likeness (QED) is 0.749. The van der Waals surface area contributed by atoms with Crippen LogP contribution < -0.4 is 0 Å². The predicted molar refractivity (Wildman–Crippen MR) is 76.7 cm³/mol. The minimum atomic E-state index is 0.605. The van der Waals surface area contributed by atoms with Gasteiger partial charge >= 0.3 is 0 Å². The van der Waals surface area contributed by atoms with Crippen molar-refractivity contribution >= 4 is 0 Å². The highest BCUT2D eigenvalue weighted by molar-refractivity contribution is 5.42. The number of nitrogens with zero attached hydrogens (tertiary/aromatic N) is 1. The van der Waals surface area contributed by atoms with E-state index in [0.29, 0.717) is 11.8 Å². The molecule has 1 aromatic rings. The van der Waals surface area contributed by atoms with Gasteiger partial charge in [0.2, 0.25) is 0 Å². The lowest BCUT2D eigenvalue weighted by molar-refractivity contribution is 0.402. The van der Waals surface area contributed by atoms with Crippen LogP contribution in [0, 0.1) is 6.92 Å². The van der Waals surface area contributed by atoms with Crippen molar-refractivity contribution in [2.24, 2.45) is 0 Å². The van der Waals surface area contributed by atoms with Gasteiger partial charge in [-0.25, -0.2) is 0 Å². The topological polar surface area (TPSA) is 3.24 Å². The molecule has 0 heterocycles. The molecule has 0 aliphatic carbocycles. The summed E-state index contributed by atoms with van der Waals surface area (Å²) in [6, 6.07) is 4.74. The third-order valence-corrected chi connectivity index (χ3v) is 3.18. The molecule has 0 fully saturated rings. The molecule has 0 amide bonds. The van der Waals surface area contributed by atoms with E-state index in [1.807, 2.05) is 0 Å². The van der Waals surface area contributed by atoms with Crippen LogP contribution in [0.3, 0.4) is 0 Å². The Morgan fingerprint density at radius 2 is 1.59 bits per heavy atom. The van der Waals surface area contributed by atoms with Crippen molar-refractivity contribution in [3.8, 4) is 0 Å². The maximum atomic E-state index is 2.40. The summed E-state index contributed by atoms with van der Waals surface area (Å²) in [5, 5.41) is 0. The Morgan fingerprint density at radius 1 is 1.00 bits per heavy atom. The van der Waals surface area contributed by atoms with E-state index in [1.54, 1.807) is 5.56 Å². The molecule has 0 bridgehead atoms. The maximum absolute atomic E-state index is 2.40. The Balaban J connectivity index is 3.26. The summed E-state index contributed by atoms with van der Waals surface area (Å²) in [7, 11) is 4.25. The molecule has 1 aromatic carbocycles. The second kappa shape index (κ2) is 5.68. The number of hydrogen-bond donors (Lipinski definition) is 0. The first kappa shape index (κ1) is 14.2. The zero-order chi connectivity index (χ0) is 13.2. The third kappa shape index (κ3) is 3.57. The van der Waals surface area contributed by atoms with Gasteiger partial charge in [0.25, 0.3) is 0 Å². The van der Waals surface area contributed by atoms with E-state index in [4.69, 9.17) is 0 Å². The molecule has 1 heteroatoms. The highest BCUT2D eigenvalue weighted by atomic mass is 15.0. The predicted octanol–water partition coefficient (Wildman–Crippen LogP) is 4.30. The van der Waals surface area contributed by atoms with Crippen molar-refractivity contribution in [3.63, 3.8) is 0 Å². The van der Waals surface area contributed by atoms with Gasteiger partial charge in [0.05, 0.1) is 0 Å². The molecular formula is C16H27N. The third-order valence-electron chi connectivity index (χ3n) is 3.18. The summed E-state index contributed by atoms with van der Waals surface area (Å²) in [4.78, 5) is 2.23. The van der Waals surface area contributed by atoms with Crippen LogP contribution in [0.2, 0.25) is 0 Å². The smallest absolute Gasteiger partial charge is 0.0227 e. The van der Waals surface area contributed by atoms with Gasteiger partial charge in [-0.05, 0) is 55.1 Å². The number of aryl methyl sites for hydroxylation is 1. The minimum absolute atomic E-state index is 0.605. The lowest BCUT2D eigenvalue weighted by atomic mass is 9.86. The van der Waals surface area contributed by atoms with Crippen LogP contribution in [0.4, 0.5) is 0 Å². The Labute approximate surface area is 107 Å². The van der Waals surface area contributed by atoms with E-state index in [0.717, 1.165) is 6.54 Å². The number of hydrogen-bond acceptors (Lipinski definition) is 1. The molecule has 0 N–H and O–H groups in total. The Kier molecular flexibility index (Phi) is 4.76. The summed E-state index contributed by atoms with van der Waals surface area (Å²) in [5.41, 5.74) is 5.95. The molecule has 0 radical (unpaired) electrons. The van der Waals surface area contributed by atoms with E-state index < -0.39 is 0 Å². The Hall–Kier alpha value is -0.820. The summed E-state index contributed by atoms with van der Waals surface area (Å²) in [5.74, 6) is 1.22. The van der Waals surface area contributed by atoms with E-state index in [9.17, 15) is 0 Å². The molecule has 0 aliphatic heterocycles. The second-order valence-corrected chi connectivity index (χ2v) is 5.96. The number of benzene rings is 1. The van der Waals surface area contributed by atoms with Crippen LogP contribution in [0.1, 0.15) is 61.8 Å². The zero-order valence-electron chi connectivity index (χ0n) is 12.5. The SMILES string of the molecule is Cc1cc(CN(C)C)cc(C(C)C)c1C(C)C. The monoisotopic (exact) mass is 233 g/mol. The van der Waals surface area contributed by atoms with E-state index in [1.165, 1.54) is 16.7 Å². The fourth-order valence-electron chi connectivity index (χ4n) is 2.63. The fraction of sp³-hybridized carbons (Fsp3) is 0.625. The van der Waals surface area contributed by atoms with Crippen LogP contribution in [0.5, 0.6) is 0 Å². The van der Waals surface area contributed by atoms with Crippen LogP contribution in [0.15, 0.2) is 12.1 Å². The molecule has 0 atom stereocenters. The molecular weight excluding hydrogens is 206 g/mol. The van der Waals surface area contributed by atoms with Crippen LogP contribution >= 0.6 is 0 Å². The summed E-state index contributed by atoms with van der Waals surface area (Å²) in [6.07, 6.45) is 0. The molecule has 96 valence electrons. The van der Waals surface area contributed by atoms with E-state index in [-0.39, 0.29) is 0 Å². The van der Waals surface area contributed by atoms with Gasteiger partial charge in [0.15, 0.2) is 0 Å². The molecule has 1 nitrogen and oxygen atoms in total. The van der Waals surface area contributed by atoms with Crippen LogP contribution in [-0.2, 0) is 6.54 Å². The first-order chi connectivity index (χ1) is 7.82. The summed E-state index contributed by atoms with van der Waals surface area (Å²) < 4.78 is 0. The second-order valence-electron chi connectivity index (χ2n) is 5.96. The first-order valence-electron chi connectivity index (χ1n) is 6.61. The molecule has 0 saturated heterocycles. The zero-order valence-corrected chi connectivity index (χ0v) is 12.5. The van der Waals surface area contributed by atoms with Gasteiger partial charge in [-0.15, -0.1) is 0 Å². The molecule has 1 rings (SSSR count). The standard InChI is InChI=1S/C16H27N/c1-11(2)15-9-14(10-17(6)7)8-13(5)16(15)12(3)4/h8-9,11-12H,10H2,1-7H3. The largest absolute Gasteiger partial charge is 0.305 e. The van der Waals surface area contributed by atoms with Crippen molar-refractivity contribution < 1.29 is 0 Å². The van der Waals surface area contributed by atoms with Gasteiger partial charge in [-0.1, -0.05) is 39.8 Å². The van der Waals surface area contributed by atoms with Crippen LogP contribution in [-0.4, -0.2) is 19.0 Å². The minimum Gasteiger partial charge on any atom is -0.305 e. The van der Waals surface area contributed by atoms with Gasteiger partial charge in [-0.2, -0.15) is 0 Å². The Bertz CT molecular complexity index is 375. The summed E-state index contributed by atoms with van der Waals surface area (Å²) >= 11 is 0. The van der Waals surface area contributed by atoms with E-state index in [2.05, 4.69) is 65.7 Å².